The lowest BCUT2D eigenvalue weighted by Crippen LogP contribution is -2.11. The first-order valence-corrected chi connectivity index (χ1v) is 7.06. The summed E-state index contributed by atoms with van der Waals surface area (Å²) in [5.74, 6) is -0.108. The van der Waals surface area contributed by atoms with Crippen LogP contribution < -0.4 is 5.32 Å². The zero-order chi connectivity index (χ0) is 17.9. The van der Waals surface area contributed by atoms with Gasteiger partial charge in [-0.15, -0.1) is 0 Å². The van der Waals surface area contributed by atoms with Gasteiger partial charge in [0.05, 0.1) is 21.2 Å². The predicted octanol–water partition coefficient (Wildman–Crippen LogP) is 3.76. The van der Waals surface area contributed by atoms with Crippen LogP contribution in [0.15, 0.2) is 18.6 Å². The fraction of sp³-hybridized carbons (Fsp3) is 0.250. The molecule has 1 N–H and O–H groups in total. The quantitative estimate of drug-likeness (QED) is 0.481. The first kappa shape index (κ1) is 18.1. The lowest BCUT2D eigenvalue weighted by molar-refractivity contribution is -0.384. The number of hydrogen-bond donors (Lipinski definition) is 1. The van der Waals surface area contributed by atoms with Crippen molar-refractivity contribution >= 4 is 34.7 Å². The second-order valence-electron chi connectivity index (χ2n) is 4.45. The molecule has 128 valence electrons. The van der Waals surface area contributed by atoms with Gasteiger partial charge in [-0.05, 0) is 6.07 Å². The van der Waals surface area contributed by atoms with Gasteiger partial charge in [-0.25, -0.2) is 9.97 Å². The van der Waals surface area contributed by atoms with Crippen LogP contribution >= 0.6 is 23.2 Å². The minimum absolute atomic E-state index is 0.0896. The number of aromatic nitrogens is 3. The van der Waals surface area contributed by atoms with Crippen molar-refractivity contribution in [1.82, 2.24) is 15.0 Å². The minimum atomic E-state index is -4.54. The van der Waals surface area contributed by atoms with E-state index in [1.54, 1.807) is 0 Å². The molecule has 0 amide bonds. The van der Waals surface area contributed by atoms with Gasteiger partial charge < -0.3 is 5.32 Å². The maximum absolute atomic E-state index is 12.5. The zero-order valence-corrected chi connectivity index (χ0v) is 13.2. The fourth-order valence-electron chi connectivity index (χ4n) is 1.75. The molecule has 2 aromatic rings. The normalized spacial score (nSPS) is 11.4. The van der Waals surface area contributed by atoms with Gasteiger partial charge in [0.1, 0.15) is 6.33 Å². The number of nitro groups is 1. The van der Waals surface area contributed by atoms with Crippen LogP contribution in [0.1, 0.15) is 11.3 Å². The summed E-state index contributed by atoms with van der Waals surface area (Å²) in [6.45, 7) is 0.0896. The molecule has 0 atom stereocenters. The van der Waals surface area contributed by atoms with E-state index in [9.17, 15) is 23.3 Å². The molecule has 0 saturated carbocycles. The van der Waals surface area contributed by atoms with Crippen LogP contribution in [-0.4, -0.2) is 26.4 Å². The van der Waals surface area contributed by atoms with Crippen LogP contribution in [0.4, 0.5) is 24.7 Å². The van der Waals surface area contributed by atoms with Crippen LogP contribution in [-0.2, 0) is 12.6 Å². The topological polar surface area (TPSA) is 93.8 Å². The highest BCUT2D eigenvalue weighted by atomic mass is 35.5. The van der Waals surface area contributed by atoms with E-state index in [4.69, 9.17) is 23.2 Å². The Labute approximate surface area is 143 Å². The average molecular weight is 382 g/mol. The molecule has 0 unspecified atom stereocenters. The third kappa shape index (κ3) is 4.20. The van der Waals surface area contributed by atoms with E-state index in [-0.39, 0.29) is 34.7 Å². The van der Waals surface area contributed by atoms with Gasteiger partial charge in [-0.1, -0.05) is 23.2 Å². The van der Waals surface area contributed by atoms with Crippen molar-refractivity contribution in [2.24, 2.45) is 0 Å². The largest absolute Gasteiger partial charge is 0.417 e. The number of anilines is 1. The fourth-order valence-corrected chi connectivity index (χ4v) is 2.22. The second kappa shape index (κ2) is 7.14. The highest BCUT2D eigenvalue weighted by molar-refractivity contribution is 6.32. The first-order valence-electron chi connectivity index (χ1n) is 6.30. The molecule has 0 spiro atoms. The summed E-state index contributed by atoms with van der Waals surface area (Å²) in [6.07, 6.45) is -2.70. The second-order valence-corrected chi connectivity index (χ2v) is 5.21. The molecule has 0 radical (unpaired) electrons. The SMILES string of the molecule is O=[N+]([O-])c1c(Cl)ncnc1NCCc1ncc(C(F)(F)F)cc1Cl. The highest BCUT2D eigenvalue weighted by Gasteiger charge is 2.31. The van der Waals surface area contributed by atoms with Crippen molar-refractivity contribution in [1.29, 1.82) is 0 Å². The van der Waals surface area contributed by atoms with Gasteiger partial charge in [-0.2, -0.15) is 13.2 Å². The molecule has 0 saturated heterocycles. The molecule has 0 bridgehead atoms. The molecule has 7 nitrogen and oxygen atoms in total. The summed E-state index contributed by atoms with van der Waals surface area (Å²) in [5.41, 5.74) is -1.24. The summed E-state index contributed by atoms with van der Waals surface area (Å²) in [5, 5.41) is 13.1. The molecular weight excluding hydrogens is 374 g/mol. The van der Waals surface area contributed by atoms with Crippen LogP contribution in [0.25, 0.3) is 0 Å². The summed E-state index contributed by atoms with van der Waals surface area (Å²) in [7, 11) is 0. The van der Waals surface area contributed by atoms with Gasteiger partial charge in [0.15, 0.2) is 0 Å². The molecule has 0 aliphatic rings. The standard InChI is InChI=1S/C12H8Cl2F3N5O2/c13-7-3-6(12(15,16)17)4-19-8(7)1-2-18-11-9(22(23)24)10(14)20-5-21-11/h3-5H,1-2H2,(H,18,20,21). The van der Waals surface area contributed by atoms with Crippen LogP contribution in [0.5, 0.6) is 0 Å². The molecule has 0 aliphatic carbocycles. The van der Waals surface area contributed by atoms with Crippen molar-refractivity contribution in [2.75, 3.05) is 11.9 Å². The van der Waals surface area contributed by atoms with E-state index >= 15 is 0 Å². The molecule has 24 heavy (non-hydrogen) atoms. The third-order valence-corrected chi connectivity index (χ3v) is 3.46. The molecular formula is C12H8Cl2F3N5O2. The van der Waals surface area contributed by atoms with Crippen LogP contribution in [0.3, 0.4) is 0 Å². The molecule has 12 heteroatoms. The van der Waals surface area contributed by atoms with E-state index in [0.29, 0.717) is 6.20 Å². The maximum Gasteiger partial charge on any atom is 0.417 e. The molecule has 2 rings (SSSR count). The minimum Gasteiger partial charge on any atom is -0.364 e. The third-order valence-electron chi connectivity index (χ3n) is 2.86. The van der Waals surface area contributed by atoms with Crippen molar-refractivity contribution in [3.05, 3.63) is 50.1 Å². The Bertz CT molecular complexity index is 773. The van der Waals surface area contributed by atoms with Crippen molar-refractivity contribution < 1.29 is 18.1 Å². The Hall–Kier alpha value is -2.20. The Morgan fingerprint density at radius 2 is 1.96 bits per heavy atom. The van der Waals surface area contributed by atoms with Crippen LogP contribution in [0, 0.1) is 10.1 Å². The van der Waals surface area contributed by atoms with Gasteiger partial charge >= 0.3 is 11.9 Å². The Kier molecular flexibility index (Phi) is 5.40. The maximum atomic E-state index is 12.5. The molecule has 0 fully saturated rings. The van der Waals surface area contributed by atoms with Gasteiger partial charge in [-0.3, -0.25) is 15.1 Å². The number of nitrogens with zero attached hydrogens (tertiary/aromatic N) is 4. The van der Waals surface area contributed by atoms with Gasteiger partial charge in [0.2, 0.25) is 11.0 Å². The lowest BCUT2D eigenvalue weighted by Gasteiger charge is -2.10. The Balaban J connectivity index is 2.08. The summed E-state index contributed by atoms with van der Waals surface area (Å²) < 4.78 is 37.6. The molecule has 2 heterocycles. The van der Waals surface area contributed by atoms with Crippen molar-refractivity contribution in [3.8, 4) is 0 Å². The smallest absolute Gasteiger partial charge is 0.364 e. The number of hydrogen-bond acceptors (Lipinski definition) is 6. The highest BCUT2D eigenvalue weighted by Crippen LogP contribution is 2.31. The van der Waals surface area contributed by atoms with Gasteiger partial charge in [0.25, 0.3) is 0 Å². The molecule has 2 aromatic heterocycles. The lowest BCUT2D eigenvalue weighted by atomic mass is 10.2. The monoisotopic (exact) mass is 381 g/mol. The average Bonchev–Trinajstić information content (AvgIpc) is 2.47. The summed E-state index contributed by atoms with van der Waals surface area (Å²) in [4.78, 5) is 21.1. The number of pyridine rings is 1. The van der Waals surface area contributed by atoms with Gasteiger partial charge in [0, 0.05) is 19.2 Å². The van der Waals surface area contributed by atoms with E-state index in [1.807, 2.05) is 0 Å². The number of nitrogens with one attached hydrogen (secondary N) is 1. The Morgan fingerprint density at radius 3 is 2.54 bits per heavy atom. The van der Waals surface area contributed by atoms with E-state index in [2.05, 4.69) is 20.3 Å². The first-order chi connectivity index (χ1) is 11.2. The zero-order valence-electron chi connectivity index (χ0n) is 11.6. The van der Waals surface area contributed by atoms with Crippen LogP contribution in [0.2, 0.25) is 10.2 Å². The summed E-state index contributed by atoms with van der Waals surface area (Å²) >= 11 is 11.4. The predicted molar refractivity (Wildman–Crippen MR) is 80.1 cm³/mol. The molecule has 0 aliphatic heterocycles. The summed E-state index contributed by atoms with van der Waals surface area (Å²) in [6, 6.07) is 0.772. The molecule has 0 aromatic carbocycles. The number of rotatable bonds is 5. The number of halogens is 5. The van der Waals surface area contributed by atoms with Crippen molar-refractivity contribution in [3.63, 3.8) is 0 Å². The van der Waals surface area contributed by atoms with E-state index in [0.717, 1.165) is 12.4 Å². The number of alkyl halides is 3. The Morgan fingerprint density at radius 1 is 1.25 bits per heavy atom. The van der Waals surface area contributed by atoms with E-state index in [1.165, 1.54) is 0 Å². The van der Waals surface area contributed by atoms with E-state index < -0.39 is 22.4 Å². The van der Waals surface area contributed by atoms with Crippen molar-refractivity contribution in [2.45, 2.75) is 12.6 Å².